The average molecular weight is 356 g/mol. The van der Waals surface area contributed by atoms with Gasteiger partial charge in [0.2, 0.25) is 0 Å². The summed E-state index contributed by atoms with van der Waals surface area (Å²) in [5.74, 6) is -0.855. The fraction of sp³-hybridized carbons (Fsp3) is 0.267. The van der Waals surface area contributed by atoms with Gasteiger partial charge < -0.3 is 15.3 Å². The fourth-order valence-corrected chi connectivity index (χ4v) is 2.61. The van der Waals surface area contributed by atoms with Gasteiger partial charge in [-0.25, -0.2) is 19.2 Å². The van der Waals surface area contributed by atoms with E-state index in [1.165, 1.54) is 0 Å². The maximum absolute atomic E-state index is 13.2. The van der Waals surface area contributed by atoms with E-state index in [1.54, 1.807) is 0 Å². The summed E-state index contributed by atoms with van der Waals surface area (Å²) in [6.07, 6.45) is -4.44. The zero-order valence-corrected chi connectivity index (χ0v) is 12.6. The van der Waals surface area contributed by atoms with Crippen molar-refractivity contribution in [1.29, 1.82) is 0 Å². The Labute approximate surface area is 139 Å². The second-order valence-electron chi connectivity index (χ2n) is 5.41. The van der Waals surface area contributed by atoms with E-state index in [9.17, 15) is 22.4 Å². The lowest BCUT2D eigenvalue weighted by molar-refractivity contribution is -0.137. The first-order chi connectivity index (χ1) is 11.8. The van der Waals surface area contributed by atoms with E-state index < -0.39 is 23.7 Å². The van der Waals surface area contributed by atoms with Crippen molar-refractivity contribution in [3.8, 4) is 0 Å². The number of hydrogen-bond donors (Lipinski definition) is 2. The predicted molar refractivity (Wildman–Crippen MR) is 78.9 cm³/mol. The van der Waals surface area contributed by atoms with E-state index in [-0.39, 0.29) is 31.0 Å². The van der Waals surface area contributed by atoms with Crippen LogP contribution in [0.2, 0.25) is 0 Å². The molecular weight excluding hydrogens is 344 g/mol. The summed E-state index contributed by atoms with van der Waals surface area (Å²) in [4.78, 5) is 20.1. The minimum atomic E-state index is -4.74. The number of halogens is 4. The molecule has 2 aromatic rings. The number of nitrogens with zero attached hydrogens (tertiary/aromatic N) is 3. The second-order valence-corrected chi connectivity index (χ2v) is 5.41. The molecule has 2 heterocycles. The van der Waals surface area contributed by atoms with Gasteiger partial charge in [0.15, 0.2) is 0 Å². The number of hydrogen-bond acceptors (Lipinski definition) is 4. The summed E-state index contributed by atoms with van der Waals surface area (Å²) in [5, 5.41) is 11.6. The first-order valence-corrected chi connectivity index (χ1v) is 7.20. The van der Waals surface area contributed by atoms with Crippen LogP contribution in [0.5, 0.6) is 0 Å². The second kappa shape index (κ2) is 6.19. The molecule has 1 aromatic heterocycles. The van der Waals surface area contributed by atoms with Crippen LogP contribution in [0.3, 0.4) is 0 Å². The monoisotopic (exact) mass is 356 g/mol. The quantitative estimate of drug-likeness (QED) is 0.807. The predicted octanol–water partition coefficient (Wildman–Crippen LogP) is 3.41. The highest BCUT2D eigenvalue weighted by Gasteiger charge is 2.34. The molecule has 0 saturated carbocycles. The molecule has 0 atom stereocenters. The van der Waals surface area contributed by atoms with Crippen molar-refractivity contribution in [1.82, 2.24) is 14.9 Å². The standard InChI is InChI=1S/C15H12F4N4O2/c16-8-1-2-11(10(5-8)15(17,18)19)22-13-9-3-4-23(14(24)25)6-12(9)20-7-21-13/h1-2,5,7H,3-4,6H2,(H,24,25)(H,20,21,22). The number of aromatic nitrogens is 2. The van der Waals surface area contributed by atoms with Crippen molar-refractivity contribution >= 4 is 17.6 Å². The highest BCUT2D eigenvalue weighted by atomic mass is 19.4. The molecule has 0 unspecified atom stereocenters. The van der Waals surface area contributed by atoms with Crippen LogP contribution in [0.15, 0.2) is 24.5 Å². The van der Waals surface area contributed by atoms with E-state index in [2.05, 4.69) is 15.3 Å². The Hall–Kier alpha value is -2.91. The molecule has 1 amide bonds. The molecule has 0 aliphatic carbocycles. The third kappa shape index (κ3) is 3.47. The Morgan fingerprint density at radius 1 is 1.28 bits per heavy atom. The molecule has 0 radical (unpaired) electrons. The van der Waals surface area contributed by atoms with Crippen molar-refractivity contribution in [2.75, 3.05) is 11.9 Å². The summed E-state index contributed by atoms with van der Waals surface area (Å²) in [5.41, 5.74) is -0.530. The third-order valence-corrected chi connectivity index (χ3v) is 3.82. The zero-order valence-electron chi connectivity index (χ0n) is 12.6. The van der Waals surface area contributed by atoms with Crippen LogP contribution >= 0.6 is 0 Å². The van der Waals surface area contributed by atoms with Gasteiger partial charge in [0.05, 0.1) is 23.5 Å². The Morgan fingerprint density at radius 3 is 2.72 bits per heavy atom. The molecule has 132 valence electrons. The molecule has 25 heavy (non-hydrogen) atoms. The summed E-state index contributed by atoms with van der Waals surface area (Å²) in [6.45, 7) is 0.206. The van der Waals surface area contributed by atoms with Crippen LogP contribution in [0.25, 0.3) is 0 Å². The van der Waals surface area contributed by atoms with Crippen molar-refractivity contribution in [3.63, 3.8) is 0 Å². The molecule has 1 aliphatic heterocycles. The highest BCUT2D eigenvalue weighted by molar-refractivity contribution is 5.67. The Morgan fingerprint density at radius 2 is 2.04 bits per heavy atom. The molecule has 0 spiro atoms. The van der Waals surface area contributed by atoms with Gasteiger partial charge in [0.1, 0.15) is 18.0 Å². The van der Waals surface area contributed by atoms with Gasteiger partial charge >= 0.3 is 12.3 Å². The van der Waals surface area contributed by atoms with Gasteiger partial charge in [0, 0.05) is 12.1 Å². The number of fused-ring (bicyclic) bond motifs is 1. The molecule has 1 aliphatic rings. The minimum Gasteiger partial charge on any atom is -0.465 e. The van der Waals surface area contributed by atoms with E-state index in [1.807, 2.05) is 0 Å². The summed E-state index contributed by atoms with van der Waals surface area (Å²) < 4.78 is 52.5. The molecule has 0 bridgehead atoms. The van der Waals surface area contributed by atoms with E-state index in [0.717, 1.165) is 23.4 Å². The van der Waals surface area contributed by atoms with Gasteiger partial charge in [0.25, 0.3) is 0 Å². The lowest BCUT2D eigenvalue weighted by atomic mass is 10.1. The lowest BCUT2D eigenvalue weighted by Crippen LogP contribution is -2.35. The average Bonchev–Trinajstić information content (AvgIpc) is 2.55. The Kier molecular flexibility index (Phi) is 4.19. The number of nitrogens with one attached hydrogen (secondary N) is 1. The summed E-state index contributed by atoms with van der Waals surface area (Å²) in [7, 11) is 0. The molecule has 2 N–H and O–H groups in total. The number of carboxylic acid groups (broad SMARTS) is 1. The van der Waals surface area contributed by atoms with Crippen LogP contribution in [0, 0.1) is 5.82 Å². The third-order valence-electron chi connectivity index (χ3n) is 3.82. The van der Waals surface area contributed by atoms with E-state index in [4.69, 9.17) is 5.11 Å². The van der Waals surface area contributed by atoms with Crippen molar-refractivity contribution in [2.45, 2.75) is 19.1 Å². The van der Waals surface area contributed by atoms with Crippen molar-refractivity contribution in [3.05, 3.63) is 47.2 Å². The molecule has 6 nitrogen and oxygen atoms in total. The van der Waals surface area contributed by atoms with Crippen LogP contribution in [0.4, 0.5) is 33.9 Å². The van der Waals surface area contributed by atoms with Gasteiger partial charge in [-0.2, -0.15) is 13.2 Å². The topological polar surface area (TPSA) is 78.3 Å². The highest BCUT2D eigenvalue weighted by Crippen LogP contribution is 2.37. The van der Waals surface area contributed by atoms with Crippen LogP contribution in [0.1, 0.15) is 16.8 Å². The van der Waals surface area contributed by atoms with E-state index >= 15 is 0 Å². The maximum atomic E-state index is 13.2. The van der Waals surface area contributed by atoms with Crippen molar-refractivity contribution in [2.24, 2.45) is 0 Å². The Bertz CT molecular complexity index is 826. The van der Waals surface area contributed by atoms with Crippen molar-refractivity contribution < 1.29 is 27.5 Å². The smallest absolute Gasteiger partial charge is 0.418 e. The number of carbonyl (C=O) groups is 1. The molecule has 1 aromatic carbocycles. The number of benzene rings is 1. The van der Waals surface area contributed by atoms with Gasteiger partial charge in [-0.15, -0.1) is 0 Å². The van der Waals surface area contributed by atoms with Crippen LogP contribution in [-0.2, 0) is 19.1 Å². The minimum absolute atomic E-state index is 0.0252. The molecule has 10 heteroatoms. The Balaban J connectivity index is 1.96. The number of amides is 1. The van der Waals surface area contributed by atoms with Gasteiger partial charge in [-0.3, -0.25) is 0 Å². The maximum Gasteiger partial charge on any atom is 0.418 e. The van der Waals surface area contributed by atoms with E-state index in [0.29, 0.717) is 17.3 Å². The summed E-state index contributed by atoms with van der Waals surface area (Å²) >= 11 is 0. The van der Waals surface area contributed by atoms with Crippen LogP contribution in [-0.4, -0.2) is 32.6 Å². The number of alkyl halides is 3. The molecule has 0 fully saturated rings. The largest absolute Gasteiger partial charge is 0.465 e. The number of rotatable bonds is 2. The lowest BCUT2D eigenvalue weighted by Gasteiger charge is -2.26. The molecular formula is C15H12F4N4O2. The first-order valence-electron chi connectivity index (χ1n) is 7.20. The first kappa shape index (κ1) is 16.9. The van der Waals surface area contributed by atoms with Gasteiger partial charge in [-0.1, -0.05) is 0 Å². The molecule has 3 rings (SSSR count). The van der Waals surface area contributed by atoms with Gasteiger partial charge in [-0.05, 0) is 24.6 Å². The molecule has 0 saturated heterocycles. The fourth-order valence-electron chi connectivity index (χ4n) is 2.61. The van der Waals surface area contributed by atoms with Crippen LogP contribution < -0.4 is 5.32 Å². The normalized spacial score (nSPS) is 14.2. The number of anilines is 2. The summed E-state index contributed by atoms with van der Waals surface area (Å²) in [6, 6.07) is 2.30. The zero-order chi connectivity index (χ0) is 18.2. The SMILES string of the molecule is O=C(O)N1CCc2c(ncnc2Nc2ccc(F)cc2C(F)(F)F)C1.